The van der Waals surface area contributed by atoms with Crippen molar-refractivity contribution in [2.45, 2.75) is 57.2 Å². The molecule has 0 bridgehead atoms. The Labute approximate surface area is 226 Å². The van der Waals surface area contributed by atoms with Crippen molar-refractivity contribution in [1.82, 2.24) is 10.2 Å². The van der Waals surface area contributed by atoms with E-state index in [0.717, 1.165) is 35.4 Å². The minimum Gasteiger partial charge on any atom is -0.493 e. The molecule has 1 saturated carbocycles. The Balaban J connectivity index is 1.78. The summed E-state index contributed by atoms with van der Waals surface area (Å²) in [6.45, 7) is 0.321. The Morgan fingerprint density at radius 3 is 2.11 bits per heavy atom. The molecule has 2 aromatic heterocycles. The first-order chi connectivity index (χ1) is 18.0. The van der Waals surface area contributed by atoms with Crippen LogP contribution in [0.25, 0.3) is 0 Å². The fourth-order valence-electron chi connectivity index (χ4n) is 4.82. The van der Waals surface area contributed by atoms with E-state index in [1.165, 1.54) is 17.8 Å². The molecular weight excluding hydrogens is 508 g/mol. The fraction of sp³-hybridized carbons (Fsp3) is 0.429. The van der Waals surface area contributed by atoms with Gasteiger partial charge in [-0.2, -0.15) is 0 Å². The van der Waals surface area contributed by atoms with E-state index < -0.39 is 6.04 Å². The third-order valence-corrected chi connectivity index (χ3v) is 8.38. The first-order valence-corrected chi connectivity index (χ1v) is 14.2. The van der Waals surface area contributed by atoms with Gasteiger partial charge in [-0.25, -0.2) is 0 Å². The first kappa shape index (κ1) is 27.0. The monoisotopic (exact) mass is 542 g/mol. The quantitative estimate of drug-likeness (QED) is 0.342. The van der Waals surface area contributed by atoms with E-state index in [9.17, 15) is 9.59 Å². The number of rotatable bonds is 11. The number of amides is 2. The van der Waals surface area contributed by atoms with Crippen molar-refractivity contribution in [2.75, 3.05) is 21.3 Å². The van der Waals surface area contributed by atoms with Crippen molar-refractivity contribution >= 4 is 34.5 Å². The second-order valence-electron chi connectivity index (χ2n) is 9.06. The molecule has 1 aliphatic rings. The van der Waals surface area contributed by atoms with E-state index in [-0.39, 0.29) is 24.3 Å². The summed E-state index contributed by atoms with van der Waals surface area (Å²) in [5.74, 6) is 1.00. The lowest BCUT2D eigenvalue weighted by atomic mass is 9.94. The van der Waals surface area contributed by atoms with Crippen LogP contribution in [0.3, 0.4) is 0 Å². The smallest absolute Gasteiger partial charge is 0.247 e. The molecule has 0 spiro atoms. The molecule has 1 fully saturated rings. The van der Waals surface area contributed by atoms with Gasteiger partial charge < -0.3 is 24.4 Å². The standard InChI is InChI=1S/C28H34N2O5S2/c1-33-23-15-19(16-24(34-2)27(23)35-3)26(28(32)29-20-9-5-4-6-10-20)30(18-22-12-8-14-37-22)25(31)17-21-11-7-13-36-21/h7-8,11-16,20,26H,4-6,9-10,17-18H2,1-3H3,(H,29,32)/t26-/m1/s1. The molecule has 37 heavy (non-hydrogen) atoms. The highest BCUT2D eigenvalue weighted by Crippen LogP contribution is 2.41. The molecule has 1 aliphatic carbocycles. The van der Waals surface area contributed by atoms with E-state index in [1.54, 1.807) is 49.7 Å². The predicted octanol–water partition coefficient (Wildman–Crippen LogP) is 5.60. The first-order valence-electron chi connectivity index (χ1n) is 12.5. The molecule has 9 heteroatoms. The summed E-state index contributed by atoms with van der Waals surface area (Å²) >= 11 is 3.10. The number of hydrogen-bond acceptors (Lipinski definition) is 7. The van der Waals surface area contributed by atoms with Gasteiger partial charge in [-0.3, -0.25) is 9.59 Å². The Hall–Kier alpha value is -3.04. The van der Waals surface area contributed by atoms with Crippen LogP contribution in [0.1, 0.15) is 53.5 Å². The van der Waals surface area contributed by atoms with Gasteiger partial charge in [0, 0.05) is 15.8 Å². The summed E-state index contributed by atoms with van der Waals surface area (Å²) in [7, 11) is 4.63. The number of ether oxygens (including phenoxy) is 3. The number of thiophene rings is 2. The highest BCUT2D eigenvalue weighted by molar-refractivity contribution is 7.10. The molecule has 1 atom stereocenters. The molecule has 2 heterocycles. The van der Waals surface area contributed by atoms with Crippen molar-refractivity contribution in [3.05, 3.63) is 62.5 Å². The maximum Gasteiger partial charge on any atom is 0.247 e. The Morgan fingerprint density at radius 1 is 0.946 bits per heavy atom. The average molecular weight is 543 g/mol. The van der Waals surface area contributed by atoms with E-state index in [2.05, 4.69) is 5.32 Å². The number of carbonyl (C=O) groups excluding carboxylic acids is 2. The summed E-state index contributed by atoms with van der Waals surface area (Å²) in [5.41, 5.74) is 0.610. The van der Waals surface area contributed by atoms with Gasteiger partial charge in [0.1, 0.15) is 6.04 Å². The molecule has 198 valence electrons. The van der Waals surface area contributed by atoms with E-state index in [1.807, 2.05) is 35.0 Å². The number of nitrogens with zero attached hydrogens (tertiary/aromatic N) is 1. The molecule has 1 aromatic carbocycles. The Bertz CT molecular complexity index is 1130. The highest BCUT2D eigenvalue weighted by atomic mass is 32.1. The molecule has 0 unspecified atom stereocenters. The third-order valence-electron chi connectivity index (χ3n) is 6.65. The molecule has 7 nitrogen and oxygen atoms in total. The van der Waals surface area contributed by atoms with Crippen LogP contribution >= 0.6 is 22.7 Å². The summed E-state index contributed by atoms with van der Waals surface area (Å²) in [6, 6.07) is 10.6. The lowest BCUT2D eigenvalue weighted by Crippen LogP contribution is -2.47. The van der Waals surface area contributed by atoms with E-state index >= 15 is 0 Å². The number of nitrogens with one attached hydrogen (secondary N) is 1. The molecule has 0 aliphatic heterocycles. The zero-order chi connectivity index (χ0) is 26.2. The van der Waals surface area contributed by atoms with Crippen molar-refractivity contribution in [2.24, 2.45) is 0 Å². The zero-order valence-corrected chi connectivity index (χ0v) is 23.2. The third kappa shape index (κ3) is 6.64. The molecule has 2 amide bonds. The second-order valence-corrected chi connectivity index (χ2v) is 11.1. The van der Waals surface area contributed by atoms with Crippen molar-refractivity contribution in [3.63, 3.8) is 0 Å². The van der Waals surface area contributed by atoms with Crippen LogP contribution < -0.4 is 19.5 Å². The summed E-state index contributed by atoms with van der Waals surface area (Å²) in [5, 5.41) is 7.19. The molecule has 4 rings (SSSR count). The molecule has 0 radical (unpaired) electrons. The minimum atomic E-state index is -0.870. The van der Waals surface area contributed by atoms with Gasteiger partial charge in [-0.05, 0) is 53.4 Å². The van der Waals surface area contributed by atoms with Crippen LogP contribution in [0.5, 0.6) is 17.2 Å². The zero-order valence-electron chi connectivity index (χ0n) is 21.5. The van der Waals surface area contributed by atoms with Crippen LogP contribution in [0.2, 0.25) is 0 Å². The van der Waals surface area contributed by atoms with Crippen LogP contribution in [0.15, 0.2) is 47.2 Å². The lowest BCUT2D eigenvalue weighted by Gasteiger charge is -2.33. The topological polar surface area (TPSA) is 77.1 Å². The van der Waals surface area contributed by atoms with Gasteiger partial charge in [-0.15, -0.1) is 22.7 Å². The minimum absolute atomic E-state index is 0.0989. The van der Waals surface area contributed by atoms with Gasteiger partial charge in [0.2, 0.25) is 17.6 Å². The van der Waals surface area contributed by atoms with Crippen molar-refractivity contribution < 1.29 is 23.8 Å². The number of carbonyl (C=O) groups is 2. The molecular formula is C28H34N2O5S2. The highest BCUT2D eigenvalue weighted by Gasteiger charge is 2.35. The average Bonchev–Trinajstić information content (AvgIpc) is 3.62. The van der Waals surface area contributed by atoms with Gasteiger partial charge in [0.25, 0.3) is 0 Å². The maximum atomic E-state index is 14.0. The molecule has 3 aromatic rings. The largest absolute Gasteiger partial charge is 0.493 e. The van der Waals surface area contributed by atoms with E-state index in [0.29, 0.717) is 29.4 Å². The van der Waals surface area contributed by atoms with Gasteiger partial charge in [0.05, 0.1) is 34.3 Å². The number of hydrogen-bond donors (Lipinski definition) is 1. The molecule has 0 saturated heterocycles. The second kappa shape index (κ2) is 13.0. The van der Waals surface area contributed by atoms with Crippen LogP contribution in [-0.4, -0.2) is 44.1 Å². The lowest BCUT2D eigenvalue weighted by molar-refractivity contribution is -0.141. The number of benzene rings is 1. The van der Waals surface area contributed by atoms with Gasteiger partial charge in [0.15, 0.2) is 11.5 Å². The fourth-order valence-corrected chi connectivity index (χ4v) is 6.22. The van der Waals surface area contributed by atoms with Crippen molar-refractivity contribution in [3.8, 4) is 17.2 Å². The number of methoxy groups -OCH3 is 3. The Morgan fingerprint density at radius 2 is 1.57 bits per heavy atom. The summed E-state index contributed by atoms with van der Waals surface area (Å²) in [4.78, 5) is 31.5. The Kier molecular flexibility index (Phi) is 9.46. The van der Waals surface area contributed by atoms with Crippen LogP contribution in [0, 0.1) is 0 Å². The van der Waals surface area contributed by atoms with Crippen LogP contribution in [-0.2, 0) is 22.6 Å². The van der Waals surface area contributed by atoms with Crippen molar-refractivity contribution in [1.29, 1.82) is 0 Å². The van der Waals surface area contributed by atoms with E-state index in [4.69, 9.17) is 14.2 Å². The molecule has 1 N–H and O–H groups in total. The SMILES string of the molecule is COc1cc([C@H](C(=O)NC2CCCCC2)N(Cc2cccs2)C(=O)Cc2cccs2)cc(OC)c1OC. The maximum absolute atomic E-state index is 14.0. The van der Waals surface area contributed by atoms with Crippen LogP contribution in [0.4, 0.5) is 0 Å². The normalized spacial score (nSPS) is 14.6. The summed E-state index contributed by atoms with van der Waals surface area (Å²) in [6.07, 6.45) is 5.49. The predicted molar refractivity (Wildman–Crippen MR) is 147 cm³/mol. The van der Waals surface area contributed by atoms with Gasteiger partial charge in [-0.1, -0.05) is 31.4 Å². The summed E-state index contributed by atoms with van der Waals surface area (Å²) < 4.78 is 16.7. The van der Waals surface area contributed by atoms with Gasteiger partial charge >= 0.3 is 0 Å².